The number of nitrogens with two attached hydrogens (primary N) is 1. The van der Waals surface area contributed by atoms with E-state index in [-0.39, 0.29) is 6.04 Å². The molecule has 94 valence electrons. The highest BCUT2D eigenvalue weighted by Crippen LogP contribution is 2.44. The number of hydrogen-bond donors (Lipinski definition) is 2. The van der Waals surface area contributed by atoms with Crippen LogP contribution in [0, 0.1) is 0 Å². The van der Waals surface area contributed by atoms with Gasteiger partial charge in [-0.25, -0.2) is 0 Å². The van der Waals surface area contributed by atoms with Gasteiger partial charge in [0.25, 0.3) is 0 Å². The maximum Gasteiger partial charge on any atom is 0.0527 e. The van der Waals surface area contributed by atoms with Crippen molar-refractivity contribution in [1.82, 2.24) is 0 Å². The van der Waals surface area contributed by atoms with E-state index in [9.17, 15) is 0 Å². The Balaban J connectivity index is 1.94. The first-order chi connectivity index (χ1) is 8.63. The molecule has 0 aromatic heterocycles. The summed E-state index contributed by atoms with van der Waals surface area (Å²) >= 11 is 1.84. The second kappa shape index (κ2) is 4.37. The second-order valence-corrected chi connectivity index (χ2v) is 6.00. The van der Waals surface area contributed by atoms with Gasteiger partial charge in [-0.1, -0.05) is 17.8 Å². The van der Waals surface area contributed by atoms with Crippen LogP contribution in [-0.4, -0.2) is 20.1 Å². The lowest BCUT2D eigenvalue weighted by atomic mass is 10.1. The van der Waals surface area contributed by atoms with Crippen LogP contribution in [0.4, 0.5) is 11.4 Å². The van der Waals surface area contributed by atoms with Gasteiger partial charge < -0.3 is 16.0 Å². The summed E-state index contributed by atoms with van der Waals surface area (Å²) in [6.07, 6.45) is 5.08. The van der Waals surface area contributed by atoms with Crippen LogP contribution in [0.5, 0.6) is 0 Å². The quantitative estimate of drug-likeness (QED) is 0.813. The average Bonchev–Trinajstić information content (AvgIpc) is 2.35. The van der Waals surface area contributed by atoms with Gasteiger partial charge in [-0.05, 0) is 30.7 Å². The van der Waals surface area contributed by atoms with Crippen molar-refractivity contribution in [3.63, 3.8) is 0 Å². The number of anilines is 2. The van der Waals surface area contributed by atoms with Gasteiger partial charge in [-0.3, -0.25) is 0 Å². The summed E-state index contributed by atoms with van der Waals surface area (Å²) in [6.45, 7) is 0. The Hall–Kier alpha value is -1.39. The van der Waals surface area contributed by atoms with Crippen molar-refractivity contribution in [2.45, 2.75) is 17.4 Å². The first kappa shape index (κ1) is 11.7. The molecule has 3 N–H and O–H groups in total. The maximum absolute atomic E-state index is 5.97. The Labute approximate surface area is 112 Å². The molecule has 1 heterocycles. The highest BCUT2D eigenvalue weighted by atomic mass is 32.2. The normalized spacial score (nSPS) is 21.2. The fourth-order valence-corrected chi connectivity index (χ4v) is 3.35. The summed E-state index contributed by atoms with van der Waals surface area (Å²) in [5.74, 6) is 0. The number of fused-ring (bicyclic) bond motifs is 1. The minimum absolute atomic E-state index is 0.150. The third-order valence-corrected chi connectivity index (χ3v) is 4.41. The molecule has 0 saturated heterocycles. The van der Waals surface area contributed by atoms with Gasteiger partial charge in [0.15, 0.2) is 0 Å². The fourth-order valence-electron chi connectivity index (χ4n) is 2.17. The zero-order valence-corrected chi connectivity index (χ0v) is 11.4. The van der Waals surface area contributed by atoms with Crippen molar-refractivity contribution in [3.05, 3.63) is 41.0 Å². The molecule has 0 spiro atoms. The molecule has 1 aliphatic heterocycles. The van der Waals surface area contributed by atoms with Crippen LogP contribution in [0.3, 0.4) is 0 Å². The summed E-state index contributed by atoms with van der Waals surface area (Å²) in [5.41, 5.74) is 9.58. The number of thioether (sulfide) groups is 1. The third-order valence-electron chi connectivity index (χ3n) is 3.22. The molecule has 1 atom stereocenters. The third kappa shape index (κ3) is 2.02. The molecule has 0 radical (unpaired) electrons. The molecular formula is C14H17N3S. The monoisotopic (exact) mass is 259 g/mol. The lowest BCUT2D eigenvalue weighted by Crippen LogP contribution is -2.22. The molecule has 1 aromatic carbocycles. The molecule has 4 heteroatoms. The van der Waals surface area contributed by atoms with Gasteiger partial charge in [-0.15, -0.1) is 0 Å². The lowest BCUT2D eigenvalue weighted by molar-refractivity contribution is 0.809. The van der Waals surface area contributed by atoms with E-state index in [0.29, 0.717) is 0 Å². The van der Waals surface area contributed by atoms with Crippen molar-refractivity contribution in [1.29, 1.82) is 0 Å². The van der Waals surface area contributed by atoms with Crippen molar-refractivity contribution in [2.24, 2.45) is 5.73 Å². The van der Waals surface area contributed by atoms with Crippen molar-refractivity contribution in [3.8, 4) is 0 Å². The maximum atomic E-state index is 5.97. The van der Waals surface area contributed by atoms with Crippen LogP contribution in [0.25, 0.3) is 0 Å². The van der Waals surface area contributed by atoms with E-state index in [0.717, 1.165) is 6.42 Å². The zero-order valence-electron chi connectivity index (χ0n) is 10.6. The van der Waals surface area contributed by atoms with E-state index in [4.69, 9.17) is 5.73 Å². The van der Waals surface area contributed by atoms with Crippen LogP contribution >= 0.6 is 11.8 Å². The predicted molar refractivity (Wildman–Crippen MR) is 79.0 cm³/mol. The van der Waals surface area contributed by atoms with Crippen LogP contribution in [0.2, 0.25) is 0 Å². The molecule has 1 aromatic rings. The van der Waals surface area contributed by atoms with Crippen LogP contribution in [0.1, 0.15) is 6.42 Å². The highest BCUT2D eigenvalue weighted by Gasteiger charge is 2.21. The summed E-state index contributed by atoms with van der Waals surface area (Å²) < 4.78 is 0. The molecule has 0 bridgehead atoms. The van der Waals surface area contributed by atoms with Crippen LogP contribution < -0.4 is 16.0 Å². The minimum Gasteiger partial charge on any atom is -0.378 e. The number of benzene rings is 1. The van der Waals surface area contributed by atoms with E-state index in [1.54, 1.807) is 0 Å². The Morgan fingerprint density at radius 1 is 1.39 bits per heavy atom. The molecule has 1 unspecified atom stereocenters. The van der Waals surface area contributed by atoms with Gasteiger partial charge >= 0.3 is 0 Å². The molecule has 3 nitrogen and oxygen atoms in total. The number of rotatable bonds is 1. The number of hydrogen-bond acceptors (Lipinski definition) is 4. The first-order valence-electron chi connectivity index (χ1n) is 6.06. The predicted octanol–water partition coefficient (Wildman–Crippen LogP) is 2.77. The van der Waals surface area contributed by atoms with Crippen molar-refractivity contribution in [2.75, 3.05) is 24.3 Å². The number of nitrogens with zero attached hydrogens (tertiary/aromatic N) is 1. The Morgan fingerprint density at radius 3 is 3.00 bits per heavy atom. The smallest absolute Gasteiger partial charge is 0.0527 e. The van der Waals surface area contributed by atoms with Gasteiger partial charge in [0.05, 0.1) is 5.69 Å². The standard InChI is InChI=1S/C14H17N3S/c1-17(2)10-4-6-12-14(8-10)18-13-7-9(15)3-5-11(13)16-12/h3-6,8-9,16H,7,15H2,1-2H3. The fraction of sp³-hybridized carbons (Fsp3) is 0.286. The summed E-state index contributed by atoms with van der Waals surface area (Å²) in [4.78, 5) is 4.74. The summed E-state index contributed by atoms with van der Waals surface area (Å²) in [7, 11) is 4.12. The van der Waals surface area contributed by atoms with Crippen molar-refractivity contribution < 1.29 is 0 Å². The van der Waals surface area contributed by atoms with E-state index in [2.05, 4.69) is 54.7 Å². The van der Waals surface area contributed by atoms with Gasteiger partial charge in [0.1, 0.15) is 0 Å². The Morgan fingerprint density at radius 2 is 2.22 bits per heavy atom. The lowest BCUT2D eigenvalue weighted by Gasteiger charge is -2.27. The van der Waals surface area contributed by atoms with Gasteiger partial charge in [-0.2, -0.15) is 0 Å². The number of allylic oxidation sites excluding steroid dienone is 1. The largest absolute Gasteiger partial charge is 0.378 e. The second-order valence-electron chi connectivity index (χ2n) is 4.87. The molecule has 3 rings (SSSR count). The topological polar surface area (TPSA) is 41.3 Å². The molecule has 1 aliphatic carbocycles. The highest BCUT2D eigenvalue weighted by molar-refractivity contribution is 8.03. The molecule has 0 fully saturated rings. The Kier molecular flexibility index (Phi) is 2.84. The molecule has 0 amide bonds. The number of nitrogens with one attached hydrogen (secondary N) is 1. The van der Waals surface area contributed by atoms with Crippen molar-refractivity contribution >= 4 is 23.1 Å². The molecule has 18 heavy (non-hydrogen) atoms. The minimum atomic E-state index is 0.150. The van der Waals surface area contributed by atoms with Gasteiger partial charge in [0, 0.05) is 41.3 Å². The SMILES string of the molecule is CN(C)c1ccc2c(c1)SC1=C(C=CC(N)C1)N2. The average molecular weight is 259 g/mol. The Bertz CT molecular complexity index is 546. The van der Waals surface area contributed by atoms with E-state index >= 15 is 0 Å². The molecule has 0 saturated carbocycles. The van der Waals surface area contributed by atoms with Gasteiger partial charge in [0.2, 0.25) is 0 Å². The molecular weight excluding hydrogens is 242 g/mol. The van der Waals surface area contributed by atoms with E-state index in [1.165, 1.54) is 26.9 Å². The van der Waals surface area contributed by atoms with Crippen LogP contribution in [-0.2, 0) is 0 Å². The first-order valence-corrected chi connectivity index (χ1v) is 6.88. The summed E-state index contributed by atoms with van der Waals surface area (Å²) in [5, 5.41) is 3.48. The summed E-state index contributed by atoms with van der Waals surface area (Å²) in [6, 6.07) is 6.65. The molecule has 2 aliphatic rings. The van der Waals surface area contributed by atoms with Crippen LogP contribution in [0.15, 0.2) is 45.8 Å². The van der Waals surface area contributed by atoms with E-state index < -0.39 is 0 Å². The zero-order chi connectivity index (χ0) is 12.7. The van der Waals surface area contributed by atoms with E-state index in [1.807, 2.05) is 11.8 Å².